The van der Waals surface area contributed by atoms with E-state index in [0.29, 0.717) is 18.1 Å². The van der Waals surface area contributed by atoms with E-state index in [1.165, 1.54) is 4.31 Å². The first-order valence-electron chi connectivity index (χ1n) is 8.29. The lowest BCUT2D eigenvalue weighted by atomic mass is 9.90. The van der Waals surface area contributed by atoms with Gasteiger partial charge in [-0.05, 0) is 20.3 Å². The summed E-state index contributed by atoms with van der Waals surface area (Å²) in [7, 11) is -3.65. The summed E-state index contributed by atoms with van der Waals surface area (Å²) in [5.74, 6) is 1.11. The number of aryl methyl sites for hydroxylation is 3. The molecule has 0 radical (unpaired) electrons. The van der Waals surface area contributed by atoms with Crippen LogP contribution in [0.5, 0.6) is 0 Å². The molecule has 1 fully saturated rings. The Morgan fingerprint density at radius 3 is 2.72 bits per heavy atom. The van der Waals surface area contributed by atoms with Crippen molar-refractivity contribution in [2.75, 3.05) is 13.1 Å². The van der Waals surface area contributed by atoms with Gasteiger partial charge in [0.15, 0.2) is 5.76 Å². The van der Waals surface area contributed by atoms with Crippen LogP contribution >= 0.6 is 0 Å². The predicted octanol–water partition coefficient (Wildman–Crippen LogP) is 1.46. The van der Waals surface area contributed by atoms with Crippen LogP contribution in [0.3, 0.4) is 0 Å². The van der Waals surface area contributed by atoms with Gasteiger partial charge in [-0.1, -0.05) is 12.1 Å². The number of sulfonamides is 1. The fourth-order valence-electron chi connectivity index (χ4n) is 3.50. The van der Waals surface area contributed by atoms with Crippen LogP contribution in [0.1, 0.15) is 41.9 Å². The summed E-state index contributed by atoms with van der Waals surface area (Å²) in [6.07, 6.45) is 3.60. The molecule has 0 atom stereocenters. The Kier molecular flexibility index (Phi) is 3.71. The molecule has 0 unspecified atom stereocenters. The Balaban J connectivity index is 1.59. The van der Waals surface area contributed by atoms with Gasteiger partial charge in [-0.25, -0.2) is 18.4 Å². The normalized spacial score (nSPS) is 19.2. The standard InChI is InChI=1S/C16H20N4O4S/c1-4-5-14-17-6-12-13(18-14)7-23-16(12)8-20(9-16)25(21,22)15-10(2)19-24-11(15)3/h6H,4-5,7-9H2,1-3H3. The van der Waals surface area contributed by atoms with Crippen molar-refractivity contribution in [1.82, 2.24) is 19.4 Å². The third-order valence-corrected chi connectivity index (χ3v) is 6.83. The monoisotopic (exact) mass is 364 g/mol. The summed E-state index contributed by atoms with van der Waals surface area (Å²) in [5, 5.41) is 3.74. The SMILES string of the molecule is CCCc1ncc2c(n1)COC21CN(S(=O)(=O)c2c(C)noc2C)C1. The number of hydrogen-bond acceptors (Lipinski definition) is 7. The van der Waals surface area contributed by atoms with E-state index >= 15 is 0 Å². The number of aromatic nitrogens is 3. The van der Waals surface area contributed by atoms with Crippen LogP contribution in [0.25, 0.3) is 0 Å². The smallest absolute Gasteiger partial charge is 0.248 e. The summed E-state index contributed by atoms with van der Waals surface area (Å²) in [4.78, 5) is 9.10. The van der Waals surface area contributed by atoms with E-state index in [1.54, 1.807) is 20.0 Å². The van der Waals surface area contributed by atoms with Gasteiger partial charge in [-0.15, -0.1) is 0 Å². The Morgan fingerprint density at radius 2 is 2.08 bits per heavy atom. The van der Waals surface area contributed by atoms with Crippen molar-refractivity contribution in [3.8, 4) is 0 Å². The zero-order chi connectivity index (χ0) is 17.8. The van der Waals surface area contributed by atoms with Gasteiger partial charge < -0.3 is 9.26 Å². The molecule has 2 aromatic heterocycles. The molecule has 25 heavy (non-hydrogen) atoms. The second-order valence-electron chi connectivity index (χ2n) is 6.61. The van der Waals surface area contributed by atoms with Crippen LogP contribution in [0.4, 0.5) is 0 Å². The average molecular weight is 364 g/mol. The van der Waals surface area contributed by atoms with E-state index in [0.717, 1.165) is 29.9 Å². The minimum absolute atomic E-state index is 0.148. The van der Waals surface area contributed by atoms with Gasteiger partial charge >= 0.3 is 0 Å². The van der Waals surface area contributed by atoms with Crippen molar-refractivity contribution < 1.29 is 17.7 Å². The zero-order valence-electron chi connectivity index (χ0n) is 14.4. The molecule has 4 heterocycles. The molecule has 2 aromatic rings. The largest absolute Gasteiger partial charge is 0.361 e. The molecule has 2 aliphatic heterocycles. The summed E-state index contributed by atoms with van der Waals surface area (Å²) >= 11 is 0. The maximum atomic E-state index is 12.8. The molecule has 2 aliphatic rings. The number of fused-ring (bicyclic) bond motifs is 2. The molecule has 8 nitrogen and oxygen atoms in total. The first kappa shape index (κ1) is 16.6. The maximum Gasteiger partial charge on any atom is 0.248 e. The Labute approximate surface area is 146 Å². The van der Waals surface area contributed by atoms with E-state index in [2.05, 4.69) is 22.0 Å². The first-order chi connectivity index (χ1) is 11.9. The van der Waals surface area contributed by atoms with Crippen molar-refractivity contribution in [2.45, 2.75) is 50.7 Å². The van der Waals surface area contributed by atoms with Crippen molar-refractivity contribution in [3.05, 3.63) is 34.7 Å². The highest BCUT2D eigenvalue weighted by atomic mass is 32.2. The molecule has 134 valence electrons. The van der Waals surface area contributed by atoms with Gasteiger partial charge in [-0.3, -0.25) is 0 Å². The number of ether oxygens (including phenoxy) is 1. The summed E-state index contributed by atoms with van der Waals surface area (Å²) in [6, 6.07) is 0. The molecular formula is C16H20N4O4S. The fraction of sp³-hybridized carbons (Fsp3) is 0.562. The molecular weight excluding hydrogens is 344 g/mol. The quantitative estimate of drug-likeness (QED) is 0.810. The second-order valence-corrected chi connectivity index (χ2v) is 8.48. The highest BCUT2D eigenvalue weighted by Gasteiger charge is 2.55. The highest BCUT2D eigenvalue weighted by Crippen LogP contribution is 2.45. The fourth-order valence-corrected chi connectivity index (χ4v) is 5.33. The van der Waals surface area contributed by atoms with E-state index in [9.17, 15) is 8.42 Å². The number of hydrogen-bond donors (Lipinski definition) is 0. The Morgan fingerprint density at radius 1 is 1.32 bits per heavy atom. The molecule has 0 aliphatic carbocycles. The first-order valence-corrected chi connectivity index (χ1v) is 9.73. The molecule has 0 bridgehead atoms. The van der Waals surface area contributed by atoms with Gasteiger partial charge in [0.25, 0.3) is 0 Å². The minimum Gasteiger partial charge on any atom is -0.361 e. The summed E-state index contributed by atoms with van der Waals surface area (Å²) in [6.45, 7) is 6.22. The van der Waals surface area contributed by atoms with E-state index < -0.39 is 15.6 Å². The van der Waals surface area contributed by atoms with Gasteiger partial charge in [-0.2, -0.15) is 4.31 Å². The van der Waals surface area contributed by atoms with Gasteiger partial charge in [0.2, 0.25) is 10.0 Å². The van der Waals surface area contributed by atoms with Crippen molar-refractivity contribution in [1.29, 1.82) is 0 Å². The lowest BCUT2D eigenvalue weighted by Crippen LogP contribution is -2.61. The van der Waals surface area contributed by atoms with Gasteiger partial charge in [0, 0.05) is 31.3 Å². The number of nitrogens with zero attached hydrogens (tertiary/aromatic N) is 4. The van der Waals surface area contributed by atoms with E-state index in [1.807, 2.05) is 0 Å². The van der Waals surface area contributed by atoms with Crippen LogP contribution in [0.2, 0.25) is 0 Å². The topological polar surface area (TPSA) is 98.4 Å². The van der Waals surface area contributed by atoms with E-state index in [-0.39, 0.29) is 18.0 Å². The summed E-state index contributed by atoms with van der Waals surface area (Å²) < 4.78 is 38.0. The highest BCUT2D eigenvalue weighted by molar-refractivity contribution is 7.89. The molecule has 1 saturated heterocycles. The third-order valence-electron chi connectivity index (χ3n) is 4.80. The van der Waals surface area contributed by atoms with Crippen LogP contribution < -0.4 is 0 Å². The van der Waals surface area contributed by atoms with Crippen LogP contribution in [-0.4, -0.2) is 40.9 Å². The van der Waals surface area contributed by atoms with Crippen molar-refractivity contribution in [3.63, 3.8) is 0 Å². The van der Waals surface area contributed by atoms with Crippen molar-refractivity contribution in [2.24, 2.45) is 0 Å². The molecule has 0 amide bonds. The van der Waals surface area contributed by atoms with Crippen LogP contribution in [0.15, 0.2) is 15.6 Å². The van der Waals surface area contributed by atoms with Crippen LogP contribution in [0, 0.1) is 13.8 Å². The molecule has 1 spiro atoms. The molecule has 4 rings (SSSR count). The number of rotatable bonds is 4. The van der Waals surface area contributed by atoms with Crippen molar-refractivity contribution >= 4 is 10.0 Å². The molecule has 9 heteroatoms. The third kappa shape index (κ3) is 2.41. The maximum absolute atomic E-state index is 12.8. The lowest BCUT2D eigenvalue weighted by molar-refractivity contribution is -0.112. The predicted molar refractivity (Wildman–Crippen MR) is 87.2 cm³/mol. The Hall–Kier alpha value is -1.84. The molecule has 0 N–H and O–H groups in total. The average Bonchev–Trinajstić information content (AvgIpc) is 3.06. The second kappa shape index (κ2) is 5.58. The molecule has 0 aromatic carbocycles. The zero-order valence-corrected chi connectivity index (χ0v) is 15.3. The van der Waals surface area contributed by atoms with E-state index in [4.69, 9.17) is 9.26 Å². The van der Waals surface area contributed by atoms with Gasteiger partial charge in [0.05, 0.1) is 12.3 Å². The van der Waals surface area contributed by atoms with Crippen LogP contribution in [-0.2, 0) is 33.4 Å². The summed E-state index contributed by atoms with van der Waals surface area (Å²) in [5.41, 5.74) is 1.51. The lowest BCUT2D eigenvalue weighted by Gasteiger charge is -2.45. The van der Waals surface area contributed by atoms with Gasteiger partial charge in [0.1, 0.15) is 22.0 Å². The molecule has 0 saturated carbocycles. The Bertz CT molecular complexity index is 912. The minimum atomic E-state index is -3.65.